The summed E-state index contributed by atoms with van der Waals surface area (Å²) in [6, 6.07) is 0.549. The van der Waals surface area contributed by atoms with Crippen LogP contribution in [-0.4, -0.2) is 36.3 Å². The summed E-state index contributed by atoms with van der Waals surface area (Å²) >= 11 is 2.13. The molecule has 0 aromatic heterocycles. The van der Waals surface area contributed by atoms with E-state index in [4.69, 9.17) is 4.74 Å². The Balaban J connectivity index is 2.34. The Bertz CT molecular complexity index is 169. The Kier molecular flexibility index (Phi) is 7.50. The van der Waals surface area contributed by atoms with Crippen LogP contribution in [0.5, 0.6) is 0 Å². The summed E-state index contributed by atoms with van der Waals surface area (Å²) in [5.41, 5.74) is 0. The van der Waals surface area contributed by atoms with Crippen molar-refractivity contribution in [3.05, 3.63) is 0 Å². The Morgan fingerprint density at radius 3 is 2.75 bits per heavy atom. The average Bonchev–Trinajstić information content (AvgIpc) is 2.30. The average molecular weight is 245 g/mol. The molecular weight excluding hydrogens is 218 g/mol. The van der Waals surface area contributed by atoms with Gasteiger partial charge in [-0.05, 0) is 45.4 Å². The van der Waals surface area contributed by atoms with Crippen molar-refractivity contribution >= 4 is 11.8 Å². The van der Waals surface area contributed by atoms with Gasteiger partial charge in [0.05, 0.1) is 12.7 Å². The summed E-state index contributed by atoms with van der Waals surface area (Å²) in [5.74, 6) is 1.33. The van der Waals surface area contributed by atoms with Gasteiger partial charge in [-0.1, -0.05) is 13.3 Å². The summed E-state index contributed by atoms with van der Waals surface area (Å²) in [7, 11) is 0. The quantitative estimate of drug-likeness (QED) is 0.745. The van der Waals surface area contributed by atoms with E-state index in [1.54, 1.807) is 0 Å². The van der Waals surface area contributed by atoms with Crippen LogP contribution in [0.1, 0.15) is 46.5 Å². The van der Waals surface area contributed by atoms with Crippen LogP contribution in [0.15, 0.2) is 0 Å². The minimum atomic E-state index is 0.347. The van der Waals surface area contributed by atoms with Crippen LogP contribution < -0.4 is 5.32 Å². The molecule has 2 unspecified atom stereocenters. The van der Waals surface area contributed by atoms with E-state index in [-0.39, 0.29) is 0 Å². The predicted molar refractivity (Wildman–Crippen MR) is 73.3 cm³/mol. The fourth-order valence-corrected chi connectivity index (χ4v) is 3.42. The smallest absolute Gasteiger partial charge is 0.0633 e. The van der Waals surface area contributed by atoms with Crippen molar-refractivity contribution < 1.29 is 4.74 Å². The molecule has 16 heavy (non-hydrogen) atoms. The van der Waals surface area contributed by atoms with Crippen molar-refractivity contribution in [1.29, 1.82) is 0 Å². The van der Waals surface area contributed by atoms with Crippen LogP contribution in [0.25, 0.3) is 0 Å². The van der Waals surface area contributed by atoms with Crippen LogP contribution >= 0.6 is 11.8 Å². The van der Waals surface area contributed by atoms with Gasteiger partial charge in [0.25, 0.3) is 0 Å². The SMILES string of the molecule is CCCNC(COC(C)C)C1CCCCS1. The molecule has 0 amide bonds. The number of hydrogen-bond acceptors (Lipinski definition) is 3. The first-order valence-corrected chi connectivity index (χ1v) is 7.75. The summed E-state index contributed by atoms with van der Waals surface area (Å²) in [4.78, 5) is 0. The Morgan fingerprint density at radius 1 is 1.38 bits per heavy atom. The molecule has 0 radical (unpaired) electrons. The molecule has 0 saturated carbocycles. The Labute approximate surface area is 105 Å². The van der Waals surface area contributed by atoms with Gasteiger partial charge in [-0.25, -0.2) is 0 Å². The van der Waals surface area contributed by atoms with Crippen molar-refractivity contribution in [1.82, 2.24) is 5.32 Å². The molecule has 0 bridgehead atoms. The maximum absolute atomic E-state index is 5.78. The normalized spacial score (nSPS) is 23.6. The predicted octanol–water partition coefficient (Wildman–Crippen LogP) is 3.07. The van der Waals surface area contributed by atoms with Crippen molar-refractivity contribution in [2.45, 2.75) is 63.9 Å². The van der Waals surface area contributed by atoms with Crippen LogP contribution in [0.4, 0.5) is 0 Å². The first-order chi connectivity index (χ1) is 7.74. The van der Waals surface area contributed by atoms with Crippen LogP contribution in [0.3, 0.4) is 0 Å². The van der Waals surface area contributed by atoms with E-state index < -0.39 is 0 Å². The van der Waals surface area contributed by atoms with Gasteiger partial charge in [0, 0.05) is 11.3 Å². The first-order valence-electron chi connectivity index (χ1n) is 6.70. The monoisotopic (exact) mass is 245 g/mol. The molecule has 1 aliphatic rings. The first kappa shape index (κ1) is 14.3. The lowest BCUT2D eigenvalue weighted by Crippen LogP contribution is -2.43. The van der Waals surface area contributed by atoms with Gasteiger partial charge < -0.3 is 10.1 Å². The number of thioether (sulfide) groups is 1. The molecule has 3 heteroatoms. The van der Waals surface area contributed by atoms with Gasteiger partial charge in [-0.15, -0.1) is 0 Å². The van der Waals surface area contributed by atoms with E-state index in [2.05, 4.69) is 37.8 Å². The lowest BCUT2D eigenvalue weighted by atomic mass is 10.1. The molecule has 1 rings (SSSR count). The molecule has 0 aromatic rings. The van der Waals surface area contributed by atoms with E-state index in [0.717, 1.165) is 18.4 Å². The highest BCUT2D eigenvalue weighted by Crippen LogP contribution is 2.27. The third-order valence-electron chi connectivity index (χ3n) is 2.93. The van der Waals surface area contributed by atoms with Gasteiger partial charge in [-0.2, -0.15) is 11.8 Å². The molecule has 1 aliphatic heterocycles. The third kappa shape index (κ3) is 5.55. The van der Waals surface area contributed by atoms with Gasteiger partial charge in [0.2, 0.25) is 0 Å². The van der Waals surface area contributed by atoms with Crippen LogP contribution in [0.2, 0.25) is 0 Å². The summed E-state index contributed by atoms with van der Waals surface area (Å²) in [5, 5.41) is 4.41. The summed E-state index contributed by atoms with van der Waals surface area (Å²) in [6.07, 6.45) is 5.69. The minimum absolute atomic E-state index is 0.347. The molecule has 0 aromatic carbocycles. The largest absolute Gasteiger partial charge is 0.377 e. The summed E-state index contributed by atoms with van der Waals surface area (Å²) in [6.45, 7) is 8.44. The lowest BCUT2D eigenvalue weighted by molar-refractivity contribution is 0.0601. The molecule has 0 spiro atoms. The maximum Gasteiger partial charge on any atom is 0.0633 e. The fourth-order valence-electron chi connectivity index (χ4n) is 2.01. The number of nitrogens with one attached hydrogen (secondary N) is 1. The zero-order valence-corrected chi connectivity index (χ0v) is 11.8. The highest BCUT2D eigenvalue weighted by molar-refractivity contribution is 8.00. The second-order valence-electron chi connectivity index (χ2n) is 4.85. The molecule has 1 heterocycles. The molecule has 1 fully saturated rings. The molecule has 96 valence electrons. The molecule has 2 nitrogen and oxygen atoms in total. The summed E-state index contributed by atoms with van der Waals surface area (Å²) < 4.78 is 5.78. The second kappa shape index (κ2) is 8.37. The van der Waals surface area contributed by atoms with Crippen molar-refractivity contribution in [3.8, 4) is 0 Å². The van der Waals surface area contributed by atoms with Crippen molar-refractivity contribution in [2.75, 3.05) is 18.9 Å². The Hall–Kier alpha value is 0.270. The third-order valence-corrected chi connectivity index (χ3v) is 4.45. The molecule has 0 aliphatic carbocycles. The van der Waals surface area contributed by atoms with Crippen LogP contribution in [0, 0.1) is 0 Å². The van der Waals surface area contributed by atoms with E-state index >= 15 is 0 Å². The zero-order chi connectivity index (χ0) is 11.8. The molecule has 1 N–H and O–H groups in total. The second-order valence-corrected chi connectivity index (χ2v) is 6.19. The molecule has 2 atom stereocenters. The van der Waals surface area contributed by atoms with E-state index in [9.17, 15) is 0 Å². The fraction of sp³-hybridized carbons (Fsp3) is 1.00. The van der Waals surface area contributed by atoms with E-state index in [1.807, 2.05) is 0 Å². The van der Waals surface area contributed by atoms with E-state index in [0.29, 0.717) is 12.1 Å². The van der Waals surface area contributed by atoms with Crippen molar-refractivity contribution in [3.63, 3.8) is 0 Å². The minimum Gasteiger partial charge on any atom is -0.377 e. The van der Waals surface area contributed by atoms with Gasteiger partial charge in [0.1, 0.15) is 0 Å². The molecule has 1 saturated heterocycles. The molecular formula is C13H27NOS. The number of rotatable bonds is 7. The standard InChI is InChI=1S/C13H27NOS/c1-4-8-14-12(10-15-11(2)3)13-7-5-6-9-16-13/h11-14H,4-10H2,1-3H3. The highest BCUT2D eigenvalue weighted by Gasteiger charge is 2.23. The maximum atomic E-state index is 5.78. The van der Waals surface area contributed by atoms with Gasteiger partial charge >= 0.3 is 0 Å². The zero-order valence-electron chi connectivity index (χ0n) is 11.0. The lowest BCUT2D eigenvalue weighted by Gasteiger charge is -2.31. The van der Waals surface area contributed by atoms with Gasteiger partial charge in [0.15, 0.2) is 0 Å². The topological polar surface area (TPSA) is 21.3 Å². The Morgan fingerprint density at radius 2 is 2.19 bits per heavy atom. The number of ether oxygens (including phenoxy) is 1. The van der Waals surface area contributed by atoms with E-state index in [1.165, 1.54) is 31.4 Å². The van der Waals surface area contributed by atoms with Gasteiger partial charge in [-0.3, -0.25) is 0 Å². The van der Waals surface area contributed by atoms with Crippen molar-refractivity contribution in [2.24, 2.45) is 0 Å². The number of hydrogen-bond donors (Lipinski definition) is 1. The van der Waals surface area contributed by atoms with Crippen LogP contribution in [-0.2, 0) is 4.74 Å². The highest BCUT2D eigenvalue weighted by atomic mass is 32.2.